The minimum absolute atomic E-state index is 0.000256. The number of nitrogens with zero attached hydrogens (tertiary/aromatic N) is 1. The minimum Gasteiger partial charge on any atom is -0.392 e. The quantitative estimate of drug-likeness (QED) is 0.562. The Morgan fingerprint density at radius 3 is 2.87 bits per heavy atom. The first kappa shape index (κ1) is 10.6. The van der Waals surface area contributed by atoms with Crippen LogP contribution in [0, 0.1) is 5.92 Å². The molecule has 0 bridgehead atoms. The van der Waals surface area contributed by atoms with Gasteiger partial charge in [0.05, 0.1) is 12.1 Å². The second kappa shape index (κ2) is 4.28. The van der Waals surface area contributed by atoms with E-state index < -0.39 is 6.10 Å². The molecular weight excluding hydrogens is 196 g/mol. The summed E-state index contributed by atoms with van der Waals surface area (Å²) in [4.78, 5) is 24.2. The fourth-order valence-electron chi connectivity index (χ4n) is 2.22. The lowest BCUT2D eigenvalue weighted by Gasteiger charge is -2.19. The van der Waals surface area contributed by atoms with Crippen LogP contribution in [0.3, 0.4) is 0 Å². The van der Waals surface area contributed by atoms with Gasteiger partial charge in [0.1, 0.15) is 6.29 Å². The second-order valence-corrected chi connectivity index (χ2v) is 4.32. The number of β-amino-alcohol motifs (C(OH)–C–C–N with tert-alkyl or cyclic N) is 1. The number of aldehydes is 1. The second-order valence-electron chi connectivity index (χ2n) is 4.32. The number of likely N-dealkylation sites (tertiary alicyclic amines) is 1. The number of hydrogen-bond donors (Lipinski definition) is 2. The van der Waals surface area contributed by atoms with Crippen LogP contribution in [-0.2, 0) is 9.59 Å². The van der Waals surface area contributed by atoms with E-state index in [0.717, 1.165) is 12.7 Å². The van der Waals surface area contributed by atoms with Gasteiger partial charge in [0.15, 0.2) is 0 Å². The van der Waals surface area contributed by atoms with Crippen molar-refractivity contribution in [3.63, 3.8) is 0 Å². The lowest BCUT2D eigenvalue weighted by molar-refractivity contribution is -0.132. The predicted octanol–water partition coefficient (Wildman–Crippen LogP) is -1.24. The molecule has 0 aromatic heterocycles. The van der Waals surface area contributed by atoms with E-state index in [1.807, 2.05) is 0 Å². The highest BCUT2D eigenvalue weighted by Gasteiger charge is 2.34. The lowest BCUT2D eigenvalue weighted by Crippen LogP contribution is -2.42. The first-order valence-corrected chi connectivity index (χ1v) is 5.36. The average molecular weight is 212 g/mol. The van der Waals surface area contributed by atoms with E-state index in [2.05, 4.69) is 5.32 Å². The number of amides is 1. The molecule has 84 valence electrons. The summed E-state index contributed by atoms with van der Waals surface area (Å²) in [6.07, 6.45) is 1.76. The van der Waals surface area contributed by atoms with E-state index in [1.165, 1.54) is 0 Å². The molecule has 2 heterocycles. The molecule has 2 saturated heterocycles. The van der Waals surface area contributed by atoms with Gasteiger partial charge >= 0.3 is 0 Å². The minimum atomic E-state index is -0.413. The smallest absolute Gasteiger partial charge is 0.239 e. The number of carbonyl (C=O) groups is 2. The summed E-state index contributed by atoms with van der Waals surface area (Å²) in [6, 6.07) is -0.259. The van der Waals surface area contributed by atoms with Crippen molar-refractivity contribution in [2.24, 2.45) is 5.92 Å². The molecule has 0 aliphatic carbocycles. The van der Waals surface area contributed by atoms with Crippen LogP contribution >= 0.6 is 0 Å². The van der Waals surface area contributed by atoms with Crippen molar-refractivity contribution in [3.8, 4) is 0 Å². The number of rotatable bonds is 2. The molecule has 0 radical (unpaired) electrons. The largest absolute Gasteiger partial charge is 0.392 e. The van der Waals surface area contributed by atoms with Gasteiger partial charge in [-0.2, -0.15) is 0 Å². The third kappa shape index (κ3) is 2.18. The molecule has 0 saturated carbocycles. The monoisotopic (exact) mass is 212 g/mol. The highest BCUT2D eigenvalue weighted by Crippen LogP contribution is 2.17. The van der Waals surface area contributed by atoms with Crippen LogP contribution in [0.2, 0.25) is 0 Å². The van der Waals surface area contributed by atoms with E-state index >= 15 is 0 Å². The molecule has 5 heteroatoms. The molecule has 0 aromatic carbocycles. The van der Waals surface area contributed by atoms with Crippen molar-refractivity contribution in [2.75, 3.05) is 19.6 Å². The molecule has 3 atom stereocenters. The number of carbonyl (C=O) groups excluding carboxylic acids is 2. The van der Waals surface area contributed by atoms with Crippen molar-refractivity contribution < 1.29 is 14.7 Å². The fraction of sp³-hybridized carbons (Fsp3) is 0.800. The Morgan fingerprint density at radius 1 is 1.53 bits per heavy atom. The van der Waals surface area contributed by atoms with E-state index in [4.69, 9.17) is 0 Å². The summed E-state index contributed by atoms with van der Waals surface area (Å²) in [7, 11) is 0. The summed E-state index contributed by atoms with van der Waals surface area (Å²) in [5, 5.41) is 12.3. The maximum Gasteiger partial charge on any atom is 0.239 e. The Hall–Kier alpha value is -0.940. The van der Waals surface area contributed by atoms with E-state index in [-0.39, 0.29) is 17.9 Å². The Labute approximate surface area is 88.4 Å². The predicted molar refractivity (Wildman–Crippen MR) is 53.2 cm³/mol. The maximum absolute atomic E-state index is 11.9. The number of hydrogen-bond acceptors (Lipinski definition) is 4. The molecule has 5 nitrogen and oxygen atoms in total. The molecule has 1 amide bonds. The summed E-state index contributed by atoms with van der Waals surface area (Å²) >= 11 is 0. The normalized spacial score (nSPS) is 35.8. The van der Waals surface area contributed by atoms with Crippen LogP contribution in [0.15, 0.2) is 0 Å². The lowest BCUT2D eigenvalue weighted by atomic mass is 10.1. The molecular formula is C10H16N2O3. The first-order valence-electron chi connectivity index (χ1n) is 5.36. The third-order valence-electron chi connectivity index (χ3n) is 3.13. The van der Waals surface area contributed by atoms with E-state index in [0.29, 0.717) is 26.1 Å². The molecule has 0 spiro atoms. The Bertz CT molecular complexity index is 269. The van der Waals surface area contributed by atoms with Crippen molar-refractivity contribution in [1.82, 2.24) is 10.2 Å². The van der Waals surface area contributed by atoms with Crippen molar-refractivity contribution in [1.29, 1.82) is 0 Å². The standard InChI is InChI=1S/C10H16N2O3/c13-6-7-1-2-12(5-7)10(15)9-3-8(14)4-11-9/h6-9,11,14H,1-5H2/t7-,8-,9+/m1/s1. The number of aliphatic hydroxyl groups is 1. The zero-order chi connectivity index (χ0) is 10.8. The SMILES string of the molecule is O=C[C@@H]1CCN(C(=O)[C@@H]2C[C@@H](O)CN2)C1. The van der Waals surface area contributed by atoms with Crippen molar-refractivity contribution in [3.05, 3.63) is 0 Å². The summed E-state index contributed by atoms with van der Waals surface area (Å²) in [5.41, 5.74) is 0. The van der Waals surface area contributed by atoms with Gasteiger partial charge in [0, 0.05) is 25.6 Å². The highest BCUT2D eigenvalue weighted by molar-refractivity contribution is 5.83. The van der Waals surface area contributed by atoms with Crippen LogP contribution in [-0.4, -0.2) is 54.0 Å². The van der Waals surface area contributed by atoms with Gasteiger partial charge in [-0.1, -0.05) is 0 Å². The number of aliphatic hydroxyl groups excluding tert-OH is 1. The topological polar surface area (TPSA) is 69.6 Å². The first-order chi connectivity index (χ1) is 7.20. The average Bonchev–Trinajstić information content (AvgIpc) is 2.84. The van der Waals surface area contributed by atoms with Crippen LogP contribution < -0.4 is 5.32 Å². The van der Waals surface area contributed by atoms with Crippen molar-refractivity contribution >= 4 is 12.2 Å². The number of nitrogens with one attached hydrogen (secondary N) is 1. The highest BCUT2D eigenvalue weighted by atomic mass is 16.3. The van der Waals surface area contributed by atoms with Crippen LogP contribution in [0.5, 0.6) is 0 Å². The van der Waals surface area contributed by atoms with Gasteiger partial charge in [0.2, 0.25) is 5.91 Å². The molecule has 0 aromatic rings. The van der Waals surface area contributed by atoms with Crippen LogP contribution in [0.25, 0.3) is 0 Å². The molecule has 2 rings (SSSR count). The van der Waals surface area contributed by atoms with Gasteiger partial charge in [0.25, 0.3) is 0 Å². The van der Waals surface area contributed by atoms with Gasteiger partial charge in [-0.05, 0) is 12.8 Å². The van der Waals surface area contributed by atoms with E-state index in [9.17, 15) is 14.7 Å². The Balaban J connectivity index is 1.89. The summed E-state index contributed by atoms with van der Waals surface area (Å²) < 4.78 is 0. The third-order valence-corrected chi connectivity index (χ3v) is 3.13. The fourth-order valence-corrected chi connectivity index (χ4v) is 2.22. The summed E-state index contributed by atoms with van der Waals surface area (Å²) in [5.74, 6) is 0.0242. The molecule has 2 aliphatic heterocycles. The van der Waals surface area contributed by atoms with Gasteiger partial charge in [-0.25, -0.2) is 0 Å². The molecule has 15 heavy (non-hydrogen) atoms. The van der Waals surface area contributed by atoms with Gasteiger partial charge in [-0.15, -0.1) is 0 Å². The molecule has 2 fully saturated rings. The Kier molecular flexibility index (Phi) is 3.02. The summed E-state index contributed by atoms with van der Waals surface area (Å²) in [6.45, 7) is 1.69. The zero-order valence-corrected chi connectivity index (χ0v) is 8.56. The van der Waals surface area contributed by atoms with E-state index in [1.54, 1.807) is 4.90 Å². The van der Waals surface area contributed by atoms with Gasteiger partial charge < -0.3 is 20.1 Å². The van der Waals surface area contributed by atoms with Crippen molar-refractivity contribution in [2.45, 2.75) is 25.0 Å². The van der Waals surface area contributed by atoms with Crippen LogP contribution in [0.1, 0.15) is 12.8 Å². The molecule has 2 aliphatic rings. The zero-order valence-electron chi connectivity index (χ0n) is 8.56. The Morgan fingerprint density at radius 2 is 2.33 bits per heavy atom. The molecule has 2 N–H and O–H groups in total. The van der Waals surface area contributed by atoms with Crippen LogP contribution in [0.4, 0.5) is 0 Å². The maximum atomic E-state index is 11.9. The van der Waals surface area contributed by atoms with Gasteiger partial charge in [-0.3, -0.25) is 4.79 Å². The molecule has 0 unspecified atom stereocenters.